The van der Waals surface area contributed by atoms with Gasteiger partial charge in [0.2, 0.25) is 11.8 Å². The van der Waals surface area contributed by atoms with E-state index in [1.807, 2.05) is 55.5 Å². The van der Waals surface area contributed by atoms with E-state index in [0.29, 0.717) is 30.8 Å². The van der Waals surface area contributed by atoms with Crippen molar-refractivity contribution in [3.05, 3.63) is 77.9 Å². The molecule has 0 aliphatic rings. The fraction of sp³-hybridized carbons (Fsp3) is 0.269. The summed E-state index contributed by atoms with van der Waals surface area (Å²) >= 11 is 0. The smallest absolute Gasteiger partial charge is 0.254 e. The third-order valence-electron chi connectivity index (χ3n) is 5.20. The van der Waals surface area contributed by atoms with Gasteiger partial charge in [0.25, 0.3) is 5.91 Å². The number of rotatable bonds is 10. The van der Waals surface area contributed by atoms with Crippen LogP contribution in [0.15, 0.2) is 66.7 Å². The Labute approximate surface area is 193 Å². The molecule has 0 saturated heterocycles. The van der Waals surface area contributed by atoms with Gasteiger partial charge in [-0.05, 0) is 42.3 Å². The molecule has 0 aliphatic heterocycles. The molecule has 3 rings (SSSR count). The number of carbonyl (C=O) groups excluding carboxylic acids is 3. The van der Waals surface area contributed by atoms with Crippen LogP contribution in [0.2, 0.25) is 0 Å². The number of amides is 3. The maximum atomic E-state index is 13.3. The van der Waals surface area contributed by atoms with Gasteiger partial charge in [-0.1, -0.05) is 54.1 Å². The zero-order valence-corrected chi connectivity index (χ0v) is 19.0. The molecule has 2 N–H and O–H groups in total. The number of methoxy groups -OCH3 is 1. The summed E-state index contributed by atoms with van der Waals surface area (Å²) in [6.07, 6.45) is 0.591. The highest BCUT2D eigenvalue weighted by atomic mass is 16.5. The van der Waals surface area contributed by atoms with Crippen LogP contribution in [0.1, 0.15) is 22.3 Å². The lowest BCUT2D eigenvalue weighted by molar-refractivity contribution is -0.124. The van der Waals surface area contributed by atoms with Crippen LogP contribution in [-0.2, 0) is 14.3 Å². The number of hydrogen-bond donors (Lipinski definition) is 2. The maximum Gasteiger partial charge on any atom is 0.254 e. The topological polar surface area (TPSA) is 87.7 Å². The second-order valence-electron chi connectivity index (χ2n) is 7.79. The van der Waals surface area contributed by atoms with Gasteiger partial charge in [-0.3, -0.25) is 14.4 Å². The van der Waals surface area contributed by atoms with Crippen molar-refractivity contribution in [2.24, 2.45) is 0 Å². The van der Waals surface area contributed by atoms with Gasteiger partial charge in [-0.15, -0.1) is 0 Å². The highest BCUT2D eigenvalue weighted by Gasteiger charge is 2.20. The van der Waals surface area contributed by atoms with Crippen molar-refractivity contribution in [3.63, 3.8) is 0 Å². The van der Waals surface area contributed by atoms with Gasteiger partial charge >= 0.3 is 0 Å². The Balaban J connectivity index is 1.63. The minimum Gasteiger partial charge on any atom is -0.385 e. The van der Waals surface area contributed by atoms with E-state index < -0.39 is 5.91 Å². The van der Waals surface area contributed by atoms with Crippen LogP contribution in [0.4, 0.5) is 5.69 Å². The van der Waals surface area contributed by atoms with Gasteiger partial charge in [-0.25, -0.2) is 0 Å². The number of aryl methyl sites for hydroxylation is 1. The highest BCUT2D eigenvalue weighted by Crippen LogP contribution is 2.20. The fourth-order valence-corrected chi connectivity index (χ4v) is 3.48. The molecule has 3 amide bonds. The summed E-state index contributed by atoms with van der Waals surface area (Å²) in [5.74, 6) is -0.972. The number of benzene rings is 3. The molecule has 0 heterocycles. The summed E-state index contributed by atoms with van der Waals surface area (Å²) in [7, 11) is 1.59. The molecule has 0 radical (unpaired) electrons. The van der Waals surface area contributed by atoms with Crippen molar-refractivity contribution >= 4 is 34.2 Å². The average molecular weight is 448 g/mol. The highest BCUT2D eigenvalue weighted by molar-refractivity contribution is 6.08. The molecule has 172 valence electrons. The van der Waals surface area contributed by atoms with Crippen molar-refractivity contribution < 1.29 is 19.1 Å². The molecule has 0 aliphatic carbocycles. The minimum atomic E-state index is -0.403. The van der Waals surface area contributed by atoms with Gasteiger partial charge in [-0.2, -0.15) is 0 Å². The fourth-order valence-electron chi connectivity index (χ4n) is 3.48. The van der Waals surface area contributed by atoms with Crippen molar-refractivity contribution in [3.8, 4) is 0 Å². The summed E-state index contributed by atoms with van der Waals surface area (Å²) in [6, 6.07) is 20.6. The molecule has 33 heavy (non-hydrogen) atoms. The molecular weight excluding hydrogens is 418 g/mol. The first kappa shape index (κ1) is 23.9. The van der Waals surface area contributed by atoms with E-state index in [-0.39, 0.29) is 24.9 Å². The SMILES string of the molecule is COCCCN(CC(=O)NCC(=O)Nc1ccc(C)cc1)C(=O)c1cccc2ccccc12. The standard InChI is InChI=1S/C26H29N3O4/c1-19-11-13-21(14-12-19)28-24(30)17-27-25(31)18-29(15-6-16-33-2)26(32)23-10-5-8-20-7-3-4-9-22(20)23/h3-5,7-14H,6,15-18H2,1-2H3,(H,27,31)(H,28,30). The van der Waals surface area contributed by atoms with Crippen molar-refractivity contribution in [2.75, 3.05) is 38.7 Å². The van der Waals surface area contributed by atoms with Crippen LogP contribution >= 0.6 is 0 Å². The zero-order chi connectivity index (χ0) is 23.6. The van der Waals surface area contributed by atoms with Crippen molar-refractivity contribution in [1.29, 1.82) is 0 Å². The van der Waals surface area contributed by atoms with Gasteiger partial charge in [0.1, 0.15) is 0 Å². The van der Waals surface area contributed by atoms with Crippen molar-refractivity contribution in [1.82, 2.24) is 10.2 Å². The molecule has 0 bridgehead atoms. The lowest BCUT2D eigenvalue weighted by atomic mass is 10.0. The molecule has 0 fully saturated rings. The number of fused-ring (bicyclic) bond motifs is 1. The van der Waals surface area contributed by atoms with Crippen LogP contribution in [0, 0.1) is 6.92 Å². The van der Waals surface area contributed by atoms with E-state index in [9.17, 15) is 14.4 Å². The van der Waals surface area contributed by atoms with Gasteiger partial charge in [0.15, 0.2) is 0 Å². The summed E-state index contributed by atoms with van der Waals surface area (Å²) < 4.78 is 5.10. The number of nitrogens with one attached hydrogen (secondary N) is 2. The van der Waals surface area contributed by atoms with E-state index >= 15 is 0 Å². The zero-order valence-electron chi connectivity index (χ0n) is 19.0. The molecule has 0 unspecified atom stereocenters. The van der Waals surface area contributed by atoms with Crippen molar-refractivity contribution in [2.45, 2.75) is 13.3 Å². The van der Waals surface area contributed by atoms with Gasteiger partial charge < -0.3 is 20.3 Å². The summed E-state index contributed by atoms with van der Waals surface area (Å²) in [5, 5.41) is 7.13. The van der Waals surface area contributed by atoms with Crippen LogP contribution in [-0.4, -0.2) is 56.0 Å². The Morgan fingerprint density at radius 1 is 0.909 bits per heavy atom. The monoisotopic (exact) mass is 447 g/mol. The molecule has 7 nitrogen and oxygen atoms in total. The molecule has 0 atom stereocenters. The molecule has 0 spiro atoms. The number of ether oxygens (including phenoxy) is 1. The second kappa shape index (κ2) is 11.8. The summed E-state index contributed by atoms with van der Waals surface area (Å²) in [5.41, 5.74) is 2.29. The Morgan fingerprint density at radius 3 is 2.39 bits per heavy atom. The summed E-state index contributed by atoms with van der Waals surface area (Å²) in [4.78, 5) is 39.6. The van der Waals surface area contributed by atoms with E-state index in [2.05, 4.69) is 10.6 Å². The quantitative estimate of drug-likeness (QED) is 0.467. The number of anilines is 1. The Hall–Kier alpha value is -3.71. The summed E-state index contributed by atoms with van der Waals surface area (Å²) in [6.45, 7) is 2.47. The minimum absolute atomic E-state index is 0.149. The third-order valence-corrected chi connectivity index (χ3v) is 5.20. The first-order valence-corrected chi connectivity index (χ1v) is 10.9. The maximum absolute atomic E-state index is 13.3. The Kier molecular flexibility index (Phi) is 8.55. The number of carbonyl (C=O) groups is 3. The van der Waals surface area contributed by atoms with E-state index in [4.69, 9.17) is 4.74 Å². The van der Waals surface area contributed by atoms with Crippen LogP contribution in [0.5, 0.6) is 0 Å². The largest absolute Gasteiger partial charge is 0.385 e. The molecule has 0 aromatic heterocycles. The lowest BCUT2D eigenvalue weighted by Gasteiger charge is -2.23. The predicted octanol–water partition coefficient (Wildman–Crippen LogP) is 3.38. The van der Waals surface area contributed by atoms with E-state index in [0.717, 1.165) is 16.3 Å². The molecule has 3 aromatic rings. The van der Waals surface area contributed by atoms with E-state index in [1.54, 1.807) is 25.3 Å². The molecular formula is C26H29N3O4. The van der Waals surface area contributed by atoms with Gasteiger partial charge in [0, 0.05) is 31.5 Å². The van der Waals surface area contributed by atoms with E-state index in [1.165, 1.54) is 4.90 Å². The third kappa shape index (κ3) is 6.89. The number of nitrogens with zero attached hydrogens (tertiary/aromatic N) is 1. The molecule has 7 heteroatoms. The molecule has 0 saturated carbocycles. The Morgan fingerprint density at radius 2 is 1.64 bits per heavy atom. The lowest BCUT2D eigenvalue weighted by Crippen LogP contribution is -2.43. The van der Waals surface area contributed by atoms with Crippen LogP contribution in [0.25, 0.3) is 10.8 Å². The average Bonchev–Trinajstić information content (AvgIpc) is 2.83. The van der Waals surface area contributed by atoms with Crippen LogP contribution in [0.3, 0.4) is 0 Å². The first-order chi connectivity index (χ1) is 16.0. The normalized spacial score (nSPS) is 10.6. The second-order valence-corrected chi connectivity index (χ2v) is 7.79. The Bertz CT molecular complexity index is 1110. The van der Waals surface area contributed by atoms with Crippen LogP contribution < -0.4 is 10.6 Å². The number of hydrogen-bond acceptors (Lipinski definition) is 4. The predicted molar refractivity (Wildman–Crippen MR) is 129 cm³/mol. The van der Waals surface area contributed by atoms with Gasteiger partial charge in [0.05, 0.1) is 13.1 Å². The first-order valence-electron chi connectivity index (χ1n) is 10.9. The molecule has 3 aromatic carbocycles.